The van der Waals surface area contributed by atoms with Crippen LogP contribution in [-0.4, -0.2) is 29.6 Å². The van der Waals surface area contributed by atoms with Crippen molar-refractivity contribution < 1.29 is 9.66 Å². The Morgan fingerprint density at radius 1 is 1.47 bits per heavy atom. The Morgan fingerprint density at radius 3 is 2.63 bits per heavy atom. The van der Waals surface area contributed by atoms with E-state index in [1.807, 2.05) is 13.8 Å². The molecule has 1 aromatic heterocycles. The number of aromatic nitrogens is 1. The van der Waals surface area contributed by atoms with Gasteiger partial charge < -0.3 is 10.1 Å². The van der Waals surface area contributed by atoms with Crippen LogP contribution in [0.15, 0.2) is 12.1 Å². The van der Waals surface area contributed by atoms with Crippen LogP contribution >= 0.6 is 0 Å². The van der Waals surface area contributed by atoms with E-state index in [0.717, 1.165) is 13.0 Å². The van der Waals surface area contributed by atoms with Crippen molar-refractivity contribution in [1.82, 2.24) is 10.3 Å². The fourth-order valence-electron chi connectivity index (χ4n) is 2.18. The Balaban J connectivity index is 3.17. The Morgan fingerprint density at radius 2 is 2.16 bits per heavy atom. The van der Waals surface area contributed by atoms with E-state index in [9.17, 15) is 10.1 Å². The maximum absolute atomic E-state index is 11.1. The first-order chi connectivity index (χ1) is 9.04. The molecule has 2 unspecified atom stereocenters. The molecule has 1 heterocycles. The average molecular weight is 267 g/mol. The predicted molar refractivity (Wildman–Crippen MR) is 73.6 cm³/mol. The van der Waals surface area contributed by atoms with E-state index >= 15 is 0 Å². The van der Waals surface area contributed by atoms with Gasteiger partial charge in [-0.1, -0.05) is 20.8 Å². The molecule has 19 heavy (non-hydrogen) atoms. The molecule has 106 valence electrons. The van der Waals surface area contributed by atoms with Crippen molar-refractivity contribution in [2.75, 3.05) is 13.7 Å². The van der Waals surface area contributed by atoms with Crippen molar-refractivity contribution in [2.45, 2.75) is 39.2 Å². The molecular weight excluding hydrogens is 246 g/mol. The molecule has 0 saturated carbocycles. The van der Waals surface area contributed by atoms with Crippen LogP contribution in [0.4, 0.5) is 5.69 Å². The van der Waals surface area contributed by atoms with Crippen LogP contribution in [-0.2, 0) is 0 Å². The van der Waals surface area contributed by atoms with E-state index in [1.54, 1.807) is 0 Å². The molecule has 0 saturated heterocycles. The summed E-state index contributed by atoms with van der Waals surface area (Å²) in [6.45, 7) is 6.84. The molecule has 1 rings (SSSR count). The lowest BCUT2D eigenvalue weighted by Gasteiger charge is -2.23. The lowest BCUT2D eigenvalue weighted by molar-refractivity contribution is -0.386. The van der Waals surface area contributed by atoms with E-state index in [2.05, 4.69) is 17.2 Å². The summed E-state index contributed by atoms with van der Waals surface area (Å²) < 4.78 is 5.06. The minimum atomic E-state index is -0.392. The highest BCUT2D eigenvalue weighted by atomic mass is 16.6. The summed E-state index contributed by atoms with van der Waals surface area (Å²) in [7, 11) is 1.50. The molecular formula is C13H21N3O3. The Hall–Kier alpha value is -1.69. The fourth-order valence-corrected chi connectivity index (χ4v) is 2.18. The normalized spacial score (nSPS) is 13.9. The molecule has 1 aromatic rings. The number of ether oxygens (including phenoxy) is 1. The second kappa shape index (κ2) is 7.04. The zero-order valence-electron chi connectivity index (χ0n) is 11.8. The van der Waals surface area contributed by atoms with Crippen molar-refractivity contribution in [2.24, 2.45) is 0 Å². The lowest BCUT2D eigenvalue weighted by Crippen LogP contribution is -2.33. The number of hydrogen-bond donors (Lipinski definition) is 1. The molecule has 2 atom stereocenters. The molecule has 0 spiro atoms. The summed E-state index contributed by atoms with van der Waals surface area (Å²) in [5.41, 5.74) is 0.516. The first-order valence-corrected chi connectivity index (χ1v) is 6.47. The molecule has 6 nitrogen and oxygen atoms in total. The minimum Gasteiger partial charge on any atom is -0.481 e. The summed E-state index contributed by atoms with van der Waals surface area (Å²) in [4.78, 5) is 15.0. The number of nitrogens with one attached hydrogen (secondary N) is 1. The lowest BCUT2D eigenvalue weighted by atomic mass is 9.94. The second-order valence-corrected chi connectivity index (χ2v) is 4.38. The molecule has 0 fully saturated rings. The third-order valence-corrected chi connectivity index (χ3v) is 3.22. The number of pyridine rings is 1. The highest BCUT2D eigenvalue weighted by molar-refractivity contribution is 5.40. The summed E-state index contributed by atoms with van der Waals surface area (Å²) in [6, 6.07) is 3.13. The largest absolute Gasteiger partial charge is 0.481 e. The maximum Gasteiger partial charge on any atom is 0.291 e. The Labute approximate surface area is 113 Å². The van der Waals surface area contributed by atoms with Crippen molar-refractivity contribution in [3.05, 3.63) is 27.9 Å². The molecule has 1 N–H and O–H groups in total. The molecule has 0 aliphatic rings. The van der Waals surface area contributed by atoms with Crippen LogP contribution in [0.5, 0.6) is 5.88 Å². The quantitative estimate of drug-likeness (QED) is 0.606. The van der Waals surface area contributed by atoms with Crippen LogP contribution in [0, 0.1) is 10.1 Å². The third kappa shape index (κ3) is 3.64. The molecule has 0 amide bonds. The average Bonchev–Trinajstić information content (AvgIpc) is 2.43. The molecule has 0 aliphatic heterocycles. The second-order valence-electron chi connectivity index (χ2n) is 4.38. The zero-order chi connectivity index (χ0) is 14.4. The summed E-state index contributed by atoms with van der Waals surface area (Å²) >= 11 is 0. The van der Waals surface area contributed by atoms with Crippen LogP contribution in [0.2, 0.25) is 0 Å². The van der Waals surface area contributed by atoms with E-state index in [1.165, 1.54) is 19.2 Å². The van der Waals surface area contributed by atoms with Crippen molar-refractivity contribution in [1.29, 1.82) is 0 Å². The molecule has 0 aromatic carbocycles. The molecule has 6 heteroatoms. The number of likely N-dealkylation sites (N-methyl/N-ethyl adjacent to an activating group) is 1. The van der Waals surface area contributed by atoms with Gasteiger partial charge in [0.25, 0.3) is 5.69 Å². The van der Waals surface area contributed by atoms with Gasteiger partial charge in [0.15, 0.2) is 0 Å². The fraction of sp³-hybridized carbons (Fsp3) is 0.615. The van der Waals surface area contributed by atoms with Gasteiger partial charge in [-0.15, -0.1) is 0 Å². The molecule has 0 bridgehead atoms. The van der Waals surface area contributed by atoms with Gasteiger partial charge in [0, 0.05) is 24.1 Å². The third-order valence-electron chi connectivity index (χ3n) is 3.22. The maximum atomic E-state index is 11.1. The van der Waals surface area contributed by atoms with Crippen molar-refractivity contribution in [3.63, 3.8) is 0 Å². The highest BCUT2D eigenvalue weighted by Gasteiger charge is 2.26. The SMILES string of the molecule is CCNC(CC)C(C)c1nc(OC)ccc1[N+](=O)[O-]. The van der Waals surface area contributed by atoms with Gasteiger partial charge in [-0.25, -0.2) is 4.98 Å². The van der Waals surface area contributed by atoms with Crippen LogP contribution in [0.1, 0.15) is 38.8 Å². The van der Waals surface area contributed by atoms with Crippen LogP contribution in [0.3, 0.4) is 0 Å². The summed E-state index contributed by atoms with van der Waals surface area (Å²) in [5.74, 6) is 0.347. The van der Waals surface area contributed by atoms with E-state index < -0.39 is 4.92 Å². The van der Waals surface area contributed by atoms with Gasteiger partial charge in [-0.2, -0.15) is 0 Å². The standard InChI is InChI=1S/C13H21N3O3/c1-5-10(14-6-2)9(3)13-11(16(17)18)7-8-12(15-13)19-4/h7-10,14H,5-6H2,1-4H3. The zero-order valence-corrected chi connectivity index (χ0v) is 11.8. The predicted octanol–water partition coefficient (Wildman–Crippen LogP) is 2.49. The number of methoxy groups -OCH3 is 1. The number of nitro groups is 1. The van der Waals surface area contributed by atoms with Gasteiger partial charge in [0.2, 0.25) is 5.88 Å². The topological polar surface area (TPSA) is 77.3 Å². The number of nitrogens with zero attached hydrogens (tertiary/aromatic N) is 2. The monoisotopic (exact) mass is 267 g/mol. The van der Waals surface area contributed by atoms with E-state index in [-0.39, 0.29) is 17.6 Å². The Kier molecular flexibility index (Phi) is 5.69. The smallest absolute Gasteiger partial charge is 0.291 e. The molecule has 0 radical (unpaired) electrons. The summed E-state index contributed by atoms with van der Waals surface area (Å²) in [5, 5.41) is 14.4. The van der Waals surface area contributed by atoms with Gasteiger partial charge >= 0.3 is 0 Å². The Bertz CT molecular complexity index is 437. The first kappa shape index (κ1) is 15.4. The van der Waals surface area contributed by atoms with E-state index in [4.69, 9.17) is 4.74 Å². The molecule has 0 aliphatic carbocycles. The van der Waals surface area contributed by atoms with Gasteiger partial charge in [-0.05, 0) is 13.0 Å². The minimum absolute atomic E-state index is 0.0460. The van der Waals surface area contributed by atoms with E-state index in [0.29, 0.717) is 11.6 Å². The number of rotatable bonds is 7. The van der Waals surface area contributed by atoms with Crippen LogP contribution in [0.25, 0.3) is 0 Å². The van der Waals surface area contributed by atoms with Crippen molar-refractivity contribution in [3.8, 4) is 5.88 Å². The van der Waals surface area contributed by atoms with Crippen molar-refractivity contribution >= 4 is 5.69 Å². The van der Waals surface area contributed by atoms with Gasteiger partial charge in [0.05, 0.1) is 12.0 Å². The highest BCUT2D eigenvalue weighted by Crippen LogP contribution is 2.29. The first-order valence-electron chi connectivity index (χ1n) is 6.47. The summed E-state index contributed by atoms with van der Waals surface area (Å²) in [6.07, 6.45) is 0.880. The number of hydrogen-bond acceptors (Lipinski definition) is 5. The van der Waals surface area contributed by atoms with Gasteiger partial charge in [-0.3, -0.25) is 10.1 Å². The van der Waals surface area contributed by atoms with Crippen LogP contribution < -0.4 is 10.1 Å². The van der Waals surface area contributed by atoms with Gasteiger partial charge in [0.1, 0.15) is 5.69 Å².